The van der Waals surface area contributed by atoms with E-state index in [4.69, 9.17) is 9.47 Å². The molecule has 0 saturated heterocycles. The van der Waals surface area contributed by atoms with Crippen LogP contribution in [0.1, 0.15) is 11.1 Å². The van der Waals surface area contributed by atoms with Gasteiger partial charge in [0.2, 0.25) is 5.91 Å². The number of carbonyl (C=O) groups excluding carboxylic acids is 1. The summed E-state index contributed by atoms with van der Waals surface area (Å²) in [4.78, 5) is 12.0. The van der Waals surface area contributed by atoms with Crippen molar-refractivity contribution in [1.29, 1.82) is 0 Å². The van der Waals surface area contributed by atoms with Crippen LogP contribution >= 0.6 is 0 Å². The molecule has 1 N–H and O–H groups in total. The first-order valence-electron chi connectivity index (χ1n) is 7.22. The fourth-order valence-corrected chi connectivity index (χ4v) is 2.03. The SMILES string of the molecule is COc1ccc(NC(=O)/C=C/c2ccc(C(F)(F)F)cc2)c(OC)c1. The molecular weight excluding hydrogens is 335 g/mol. The van der Waals surface area contributed by atoms with Crippen molar-refractivity contribution in [2.24, 2.45) is 0 Å². The third-order valence-electron chi connectivity index (χ3n) is 3.33. The van der Waals surface area contributed by atoms with Crippen molar-refractivity contribution in [3.05, 3.63) is 59.7 Å². The highest BCUT2D eigenvalue weighted by Gasteiger charge is 2.29. The topological polar surface area (TPSA) is 47.6 Å². The average Bonchev–Trinajstić information content (AvgIpc) is 2.60. The molecule has 0 unspecified atom stereocenters. The van der Waals surface area contributed by atoms with Crippen LogP contribution in [0.2, 0.25) is 0 Å². The first-order chi connectivity index (χ1) is 11.8. The number of hydrogen-bond donors (Lipinski definition) is 1. The molecule has 0 radical (unpaired) electrons. The van der Waals surface area contributed by atoms with Crippen molar-refractivity contribution >= 4 is 17.7 Å². The van der Waals surface area contributed by atoms with Gasteiger partial charge in [-0.25, -0.2) is 0 Å². The standard InChI is InChI=1S/C18H16F3NO3/c1-24-14-8-9-15(16(11-14)25-2)22-17(23)10-5-12-3-6-13(7-4-12)18(19,20)21/h3-11H,1-2H3,(H,22,23)/b10-5+. The molecule has 0 saturated carbocycles. The van der Waals surface area contributed by atoms with Gasteiger partial charge in [-0.05, 0) is 35.9 Å². The van der Waals surface area contributed by atoms with E-state index in [1.54, 1.807) is 18.2 Å². The van der Waals surface area contributed by atoms with E-state index < -0.39 is 17.6 Å². The second-order valence-corrected chi connectivity index (χ2v) is 5.01. The van der Waals surface area contributed by atoms with E-state index in [1.165, 1.54) is 38.5 Å². The summed E-state index contributed by atoms with van der Waals surface area (Å²) < 4.78 is 47.7. The molecule has 0 atom stereocenters. The zero-order valence-corrected chi connectivity index (χ0v) is 13.6. The third-order valence-corrected chi connectivity index (χ3v) is 3.33. The minimum absolute atomic E-state index is 0.427. The number of benzene rings is 2. The summed E-state index contributed by atoms with van der Waals surface area (Å²) in [5.74, 6) is 0.564. The van der Waals surface area contributed by atoms with E-state index in [1.807, 2.05) is 0 Å². The molecule has 0 bridgehead atoms. The van der Waals surface area contributed by atoms with Gasteiger partial charge < -0.3 is 14.8 Å². The molecule has 2 aromatic carbocycles. The number of carbonyl (C=O) groups is 1. The summed E-state index contributed by atoms with van der Waals surface area (Å²) >= 11 is 0. The smallest absolute Gasteiger partial charge is 0.416 e. The summed E-state index contributed by atoms with van der Waals surface area (Å²) in [6.07, 6.45) is -1.73. The van der Waals surface area contributed by atoms with Crippen LogP contribution in [0.25, 0.3) is 6.08 Å². The molecule has 25 heavy (non-hydrogen) atoms. The molecule has 0 aliphatic heterocycles. The van der Waals surface area contributed by atoms with Gasteiger partial charge in [-0.15, -0.1) is 0 Å². The van der Waals surface area contributed by atoms with Gasteiger partial charge in [0.25, 0.3) is 0 Å². The van der Waals surface area contributed by atoms with Gasteiger partial charge in [0.1, 0.15) is 11.5 Å². The van der Waals surface area contributed by atoms with E-state index in [9.17, 15) is 18.0 Å². The predicted octanol–water partition coefficient (Wildman–Crippen LogP) is 4.37. The molecule has 0 aliphatic rings. The lowest BCUT2D eigenvalue weighted by molar-refractivity contribution is -0.137. The fraction of sp³-hybridized carbons (Fsp3) is 0.167. The molecule has 0 spiro atoms. The summed E-state index contributed by atoms with van der Waals surface area (Å²) in [5.41, 5.74) is 0.187. The first kappa shape index (κ1) is 18.4. The molecule has 0 aromatic heterocycles. The molecule has 0 heterocycles. The maximum absolute atomic E-state index is 12.5. The van der Waals surface area contributed by atoms with E-state index in [-0.39, 0.29) is 0 Å². The van der Waals surface area contributed by atoms with Crippen molar-refractivity contribution in [1.82, 2.24) is 0 Å². The highest BCUT2D eigenvalue weighted by atomic mass is 19.4. The molecule has 2 aromatic rings. The van der Waals surface area contributed by atoms with Gasteiger partial charge in [-0.3, -0.25) is 4.79 Å². The van der Waals surface area contributed by atoms with Crippen LogP contribution < -0.4 is 14.8 Å². The Kier molecular flexibility index (Phi) is 5.69. The molecule has 0 fully saturated rings. The van der Waals surface area contributed by atoms with Crippen molar-refractivity contribution in [2.45, 2.75) is 6.18 Å². The van der Waals surface area contributed by atoms with Gasteiger partial charge in [0.15, 0.2) is 0 Å². The van der Waals surface area contributed by atoms with Crippen LogP contribution in [-0.2, 0) is 11.0 Å². The quantitative estimate of drug-likeness (QED) is 0.814. The second kappa shape index (κ2) is 7.74. The fourth-order valence-electron chi connectivity index (χ4n) is 2.03. The van der Waals surface area contributed by atoms with E-state index in [2.05, 4.69) is 5.32 Å². The van der Waals surface area contributed by atoms with Gasteiger partial charge >= 0.3 is 6.18 Å². The Balaban J connectivity index is 2.06. The minimum atomic E-state index is -4.38. The Morgan fingerprint density at radius 2 is 1.72 bits per heavy atom. The van der Waals surface area contributed by atoms with Crippen molar-refractivity contribution in [2.75, 3.05) is 19.5 Å². The first-order valence-corrected chi connectivity index (χ1v) is 7.22. The number of alkyl halides is 3. The number of halogens is 3. The molecule has 1 amide bonds. The van der Waals surface area contributed by atoms with Crippen molar-refractivity contribution in [3.8, 4) is 11.5 Å². The molecule has 0 aliphatic carbocycles. The molecule has 132 valence electrons. The van der Waals surface area contributed by atoms with Crippen LogP contribution in [0.3, 0.4) is 0 Å². The Morgan fingerprint density at radius 3 is 2.28 bits per heavy atom. The summed E-state index contributed by atoms with van der Waals surface area (Å²) in [7, 11) is 2.97. The number of rotatable bonds is 5. The molecule has 4 nitrogen and oxygen atoms in total. The second-order valence-electron chi connectivity index (χ2n) is 5.01. The number of hydrogen-bond acceptors (Lipinski definition) is 3. The van der Waals surface area contributed by atoms with Crippen molar-refractivity contribution < 1.29 is 27.4 Å². The summed E-state index contributed by atoms with van der Waals surface area (Å²) in [6.45, 7) is 0. The lowest BCUT2D eigenvalue weighted by Gasteiger charge is -2.10. The summed E-state index contributed by atoms with van der Waals surface area (Å²) in [6, 6.07) is 9.42. The highest BCUT2D eigenvalue weighted by Crippen LogP contribution is 2.30. The number of ether oxygens (including phenoxy) is 2. The monoisotopic (exact) mass is 351 g/mol. The van der Waals surface area contributed by atoms with Crippen LogP contribution in [0, 0.1) is 0 Å². The average molecular weight is 351 g/mol. The lowest BCUT2D eigenvalue weighted by atomic mass is 10.1. The summed E-state index contributed by atoms with van der Waals surface area (Å²) in [5, 5.41) is 2.63. The number of amides is 1. The normalized spacial score (nSPS) is 11.4. The van der Waals surface area contributed by atoms with Crippen molar-refractivity contribution in [3.63, 3.8) is 0 Å². The lowest BCUT2D eigenvalue weighted by Crippen LogP contribution is -2.09. The van der Waals surface area contributed by atoms with Crippen LogP contribution in [0.5, 0.6) is 11.5 Å². The maximum atomic E-state index is 12.5. The zero-order chi connectivity index (χ0) is 18.4. The van der Waals surface area contributed by atoms with Crippen LogP contribution in [0.4, 0.5) is 18.9 Å². The molecular formula is C18H16F3NO3. The maximum Gasteiger partial charge on any atom is 0.416 e. The Hall–Kier alpha value is -2.96. The van der Waals surface area contributed by atoms with Gasteiger partial charge in [0, 0.05) is 12.1 Å². The predicted molar refractivity (Wildman–Crippen MR) is 88.7 cm³/mol. The van der Waals surface area contributed by atoms with Gasteiger partial charge in [-0.2, -0.15) is 13.2 Å². The largest absolute Gasteiger partial charge is 0.497 e. The zero-order valence-electron chi connectivity index (χ0n) is 13.6. The van der Waals surface area contributed by atoms with Gasteiger partial charge in [0.05, 0.1) is 25.5 Å². The Bertz CT molecular complexity index is 768. The number of anilines is 1. The van der Waals surface area contributed by atoms with E-state index >= 15 is 0 Å². The van der Waals surface area contributed by atoms with Crippen LogP contribution in [-0.4, -0.2) is 20.1 Å². The number of nitrogens with one attached hydrogen (secondary N) is 1. The van der Waals surface area contributed by atoms with Crippen LogP contribution in [0.15, 0.2) is 48.5 Å². The van der Waals surface area contributed by atoms with Gasteiger partial charge in [-0.1, -0.05) is 12.1 Å². The Labute approximate surface area is 142 Å². The Morgan fingerprint density at radius 1 is 1.04 bits per heavy atom. The van der Waals surface area contributed by atoms with E-state index in [0.29, 0.717) is 22.7 Å². The number of methoxy groups -OCH3 is 2. The highest BCUT2D eigenvalue weighted by molar-refractivity contribution is 6.02. The third kappa shape index (κ3) is 5.00. The van der Waals surface area contributed by atoms with E-state index in [0.717, 1.165) is 12.1 Å². The molecule has 7 heteroatoms. The minimum Gasteiger partial charge on any atom is -0.497 e. The molecule has 2 rings (SSSR count).